The summed E-state index contributed by atoms with van der Waals surface area (Å²) in [5.74, 6) is 0. The van der Waals surface area contributed by atoms with Crippen molar-refractivity contribution in [2.75, 3.05) is 0 Å². The van der Waals surface area contributed by atoms with E-state index in [9.17, 15) is 0 Å². The Balaban J connectivity index is 2.20. The third-order valence-electron chi connectivity index (χ3n) is 2.83. The molecule has 1 aromatic carbocycles. The standard InChI is InChI=1S/C14H23N/c1-2-3-4-5-6-7-13-8-10-14(12-15)11-9-13/h8-11H,2-7,12,15H2,1H3. The SMILES string of the molecule is CCCCCCCc1ccc(CN)cc1. The largest absolute Gasteiger partial charge is 0.326 e. The molecular weight excluding hydrogens is 182 g/mol. The molecule has 0 aliphatic rings. The van der Waals surface area contributed by atoms with Gasteiger partial charge in [-0.2, -0.15) is 0 Å². The summed E-state index contributed by atoms with van der Waals surface area (Å²) in [6.45, 7) is 2.91. The average molecular weight is 205 g/mol. The lowest BCUT2D eigenvalue weighted by Gasteiger charge is -2.02. The number of hydrogen-bond acceptors (Lipinski definition) is 1. The molecule has 0 aliphatic heterocycles. The zero-order valence-corrected chi connectivity index (χ0v) is 9.84. The number of benzene rings is 1. The van der Waals surface area contributed by atoms with Crippen LogP contribution in [-0.4, -0.2) is 0 Å². The Morgan fingerprint density at radius 2 is 1.47 bits per heavy atom. The Kier molecular flexibility index (Phi) is 6.10. The van der Waals surface area contributed by atoms with Crippen molar-refractivity contribution in [3.05, 3.63) is 35.4 Å². The maximum atomic E-state index is 5.55. The Morgan fingerprint density at radius 3 is 2.07 bits per heavy atom. The van der Waals surface area contributed by atoms with Crippen molar-refractivity contribution in [1.82, 2.24) is 0 Å². The summed E-state index contributed by atoms with van der Waals surface area (Å²) >= 11 is 0. The summed E-state index contributed by atoms with van der Waals surface area (Å²) in [6.07, 6.45) is 8.00. The molecule has 0 saturated carbocycles. The van der Waals surface area contributed by atoms with Crippen LogP contribution in [0.1, 0.15) is 50.2 Å². The van der Waals surface area contributed by atoms with Gasteiger partial charge in [-0.05, 0) is 24.0 Å². The number of aryl methyl sites for hydroxylation is 1. The molecule has 15 heavy (non-hydrogen) atoms. The molecule has 0 saturated heterocycles. The van der Waals surface area contributed by atoms with Crippen molar-refractivity contribution in [3.63, 3.8) is 0 Å². The monoisotopic (exact) mass is 205 g/mol. The van der Waals surface area contributed by atoms with E-state index in [4.69, 9.17) is 5.73 Å². The Bertz CT molecular complexity index is 251. The molecule has 1 nitrogen and oxygen atoms in total. The minimum Gasteiger partial charge on any atom is -0.326 e. The van der Waals surface area contributed by atoms with Crippen molar-refractivity contribution in [2.24, 2.45) is 5.73 Å². The van der Waals surface area contributed by atoms with Gasteiger partial charge < -0.3 is 5.73 Å². The summed E-state index contributed by atoms with van der Waals surface area (Å²) in [5, 5.41) is 0. The molecule has 0 aromatic heterocycles. The lowest BCUT2D eigenvalue weighted by atomic mass is 10.0. The number of unbranched alkanes of at least 4 members (excludes halogenated alkanes) is 4. The molecule has 0 atom stereocenters. The summed E-state index contributed by atoms with van der Waals surface area (Å²) in [4.78, 5) is 0. The second-order valence-electron chi connectivity index (χ2n) is 4.18. The predicted molar refractivity (Wildman–Crippen MR) is 66.8 cm³/mol. The van der Waals surface area contributed by atoms with E-state index in [-0.39, 0.29) is 0 Å². The number of nitrogens with two attached hydrogens (primary N) is 1. The molecule has 0 aliphatic carbocycles. The highest BCUT2D eigenvalue weighted by Gasteiger charge is 1.94. The Labute approximate surface area is 93.7 Å². The van der Waals surface area contributed by atoms with Crippen molar-refractivity contribution in [3.8, 4) is 0 Å². The summed E-state index contributed by atoms with van der Waals surface area (Å²) in [6, 6.07) is 8.70. The van der Waals surface area contributed by atoms with E-state index >= 15 is 0 Å². The van der Waals surface area contributed by atoms with Crippen LogP contribution in [0, 0.1) is 0 Å². The second kappa shape index (κ2) is 7.47. The molecule has 1 heteroatoms. The van der Waals surface area contributed by atoms with Crippen LogP contribution in [0.2, 0.25) is 0 Å². The molecule has 1 aromatic rings. The summed E-state index contributed by atoms with van der Waals surface area (Å²) in [5.41, 5.74) is 8.23. The fraction of sp³-hybridized carbons (Fsp3) is 0.571. The highest BCUT2D eigenvalue weighted by molar-refractivity contribution is 5.22. The smallest absolute Gasteiger partial charge is 0.0178 e. The predicted octanol–water partition coefficient (Wildman–Crippen LogP) is 3.66. The minimum absolute atomic E-state index is 0.650. The maximum absolute atomic E-state index is 5.55. The van der Waals surface area contributed by atoms with Crippen LogP contribution in [0.25, 0.3) is 0 Å². The first kappa shape index (κ1) is 12.3. The molecule has 2 N–H and O–H groups in total. The van der Waals surface area contributed by atoms with Crippen molar-refractivity contribution >= 4 is 0 Å². The molecule has 1 rings (SSSR count). The lowest BCUT2D eigenvalue weighted by molar-refractivity contribution is 0.632. The summed E-state index contributed by atoms with van der Waals surface area (Å²) < 4.78 is 0. The van der Waals surface area contributed by atoms with Gasteiger partial charge in [0.2, 0.25) is 0 Å². The van der Waals surface area contributed by atoms with E-state index in [1.165, 1.54) is 49.7 Å². The number of hydrogen-bond donors (Lipinski definition) is 1. The maximum Gasteiger partial charge on any atom is 0.0178 e. The van der Waals surface area contributed by atoms with Crippen LogP contribution < -0.4 is 5.73 Å². The first-order chi connectivity index (χ1) is 7.36. The van der Waals surface area contributed by atoms with Gasteiger partial charge in [-0.3, -0.25) is 0 Å². The van der Waals surface area contributed by atoms with Crippen molar-refractivity contribution < 1.29 is 0 Å². The van der Waals surface area contributed by atoms with Crippen LogP contribution in [-0.2, 0) is 13.0 Å². The lowest BCUT2D eigenvalue weighted by Crippen LogP contribution is -1.96. The van der Waals surface area contributed by atoms with Crippen LogP contribution in [0.4, 0.5) is 0 Å². The van der Waals surface area contributed by atoms with E-state index in [0.29, 0.717) is 6.54 Å². The van der Waals surface area contributed by atoms with Crippen LogP contribution in [0.3, 0.4) is 0 Å². The van der Waals surface area contributed by atoms with Gasteiger partial charge in [0.05, 0.1) is 0 Å². The fourth-order valence-corrected chi connectivity index (χ4v) is 1.77. The van der Waals surface area contributed by atoms with Crippen LogP contribution in [0.15, 0.2) is 24.3 Å². The van der Waals surface area contributed by atoms with Crippen molar-refractivity contribution in [2.45, 2.75) is 52.0 Å². The third-order valence-corrected chi connectivity index (χ3v) is 2.83. The Morgan fingerprint density at radius 1 is 0.867 bits per heavy atom. The second-order valence-corrected chi connectivity index (χ2v) is 4.18. The van der Waals surface area contributed by atoms with Gasteiger partial charge in [0, 0.05) is 6.54 Å². The van der Waals surface area contributed by atoms with Gasteiger partial charge in [-0.25, -0.2) is 0 Å². The molecular formula is C14H23N. The number of rotatable bonds is 7. The molecule has 0 amide bonds. The molecule has 0 unspecified atom stereocenters. The van der Waals surface area contributed by atoms with Gasteiger partial charge in [-0.1, -0.05) is 56.9 Å². The van der Waals surface area contributed by atoms with E-state index in [2.05, 4.69) is 31.2 Å². The van der Waals surface area contributed by atoms with Gasteiger partial charge in [0.1, 0.15) is 0 Å². The van der Waals surface area contributed by atoms with Gasteiger partial charge in [-0.15, -0.1) is 0 Å². The zero-order valence-electron chi connectivity index (χ0n) is 9.84. The topological polar surface area (TPSA) is 26.0 Å². The molecule has 84 valence electrons. The van der Waals surface area contributed by atoms with E-state index in [1.807, 2.05) is 0 Å². The minimum atomic E-state index is 0.650. The molecule has 0 fully saturated rings. The molecule has 0 heterocycles. The summed E-state index contributed by atoms with van der Waals surface area (Å²) in [7, 11) is 0. The van der Waals surface area contributed by atoms with Gasteiger partial charge >= 0.3 is 0 Å². The van der Waals surface area contributed by atoms with E-state index < -0.39 is 0 Å². The van der Waals surface area contributed by atoms with Crippen molar-refractivity contribution in [1.29, 1.82) is 0 Å². The van der Waals surface area contributed by atoms with Crippen LogP contribution in [0.5, 0.6) is 0 Å². The fourth-order valence-electron chi connectivity index (χ4n) is 1.77. The first-order valence-electron chi connectivity index (χ1n) is 6.14. The molecule has 0 spiro atoms. The quantitative estimate of drug-likeness (QED) is 0.675. The highest BCUT2D eigenvalue weighted by atomic mass is 14.5. The van der Waals surface area contributed by atoms with Crippen LogP contribution >= 0.6 is 0 Å². The third kappa shape index (κ3) is 4.98. The zero-order chi connectivity index (χ0) is 10.9. The Hall–Kier alpha value is -0.820. The van der Waals surface area contributed by atoms with E-state index in [1.54, 1.807) is 0 Å². The molecule has 0 radical (unpaired) electrons. The van der Waals surface area contributed by atoms with Gasteiger partial charge in [0.15, 0.2) is 0 Å². The first-order valence-corrected chi connectivity index (χ1v) is 6.14. The average Bonchev–Trinajstić information content (AvgIpc) is 2.30. The highest BCUT2D eigenvalue weighted by Crippen LogP contribution is 2.10. The normalized spacial score (nSPS) is 10.5. The van der Waals surface area contributed by atoms with E-state index in [0.717, 1.165) is 0 Å². The van der Waals surface area contributed by atoms with Gasteiger partial charge in [0.25, 0.3) is 0 Å². The molecule has 0 bridgehead atoms.